The number of aromatic nitrogens is 2. The van der Waals surface area contributed by atoms with Crippen molar-refractivity contribution in [3.05, 3.63) is 45.3 Å². The number of amides is 2. The van der Waals surface area contributed by atoms with E-state index < -0.39 is 0 Å². The number of hydrogen-bond acceptors (Lipinski definition) is 7. The molecule has 1 aromatic carbocycles. The maximum absolute atomic E-state index is 13.4. The zero-order valence-electron chi connectivity index (χ0n) is 16.7. The van der Waals surface area contributed by atoms with Crippen molar-refractivity contribution < 1.29 is 14.3 Å². The summed E-state index contributed by atoms with van der Waals surface area (Å²) in [6.45, 7) is 5.52. The Bertz CT molecular complexity index is 1100. The number of fused-ring (bicyclic) bond motifs is 1. The van der Waals surface area contributed by atoms with Crippen molar-refractivity contribution in [2.75, 3.05) is 39.4 Å². The summed E-state index contributed by atoms with van der Waals surface area (Å²) in [6, 6.07) is 8.20. The molecule has 0 radical (unpaired) electrons. The van der Waals surface area contributed by atoms with Crippen LogP contribution in [0.15, 0.2) is 24.3 Å². The van der Waals surface area contributed by atoms with Gasteiger partial charge in [-0.1, -0.05) is 22.7 Å². The van der Waals surface area contributed by atoms with Crippen molar-refractivity contribution in [2.24, 2.45) is 0 Å². The van der Waals surface area contributed by atoms with Gasteiger partial charge in [0.25, 0.3) is 11.8 Å². The molecule has 2 fully saturated rings. The van der Waals surface area contributed by atoms with Crippen molar-refractivity contribution in [3.63, 3.8) is 0 Å². The van der Waals surface area contributed by atoms with E-state index in [0.29, 0.717) is 50.0 Å². The van der Waals surface area contributed by atoms with E-state index in [1.165, 1.54) is 0 Å². The summed E-state index contributed by atoms with van der Waals surface area (Å²) in [6.07, 6.45) is 0.848. The van der Waals surface area contributed by atoms with Crippen LogP contribution in [0.2, 0.25) is 0 Å². The minimum Gasteiger partial charge on any atom is -0.378 e. The van der Waals surface area contributed by atoms with E-state index in [1.807, 2.05) is 28.9 Å². The first-order valence-electron chi connectivity index (χ1n) is 10.1. The van der Waals surface area contributed by atoms with Crippen LogP contribution in [0, 0.1) is 6.92 Å². The molecular formula is C21H22N4O3S2. The van der Waals surface area contributed by atoms with Gasteiger partial charge in [-0.2, -0.15) is 0 Å². The summed E-state index contributed by atoms with van der Waals surface area (Å²) >= 11 is 2.72. The number of likely N-dealkylation sites (tertiary alicyclic amines) is 1. The molecule has 0 aliphatic carbocycles. The average molecular weight is 443 g/mol. The fourth-order valence-electron chi connectivity index (χ4n) is 4.29. The molecule has 4 heterocycles. The van der Waals surface area contributed by atoms with Crippen LogP contribution >= 0.6 is 22.9 Å². The number of hydrogen-bond donors (Lipinski definition) is 0. The van der Waals surface area contributed by atoms with Gasteiger partial charge in [0.05, 0.1) is 23.8 Å². The Morgan fingerprint density at radius 3 is 2.60 bits per heavy atom. The zero-order chi connectivity index (χ0) is 20.7. The third-order valence-corrected chi connectivity index (χ3v) is 7.85. The van der Waals surface area contributed by atoms with Crippen LogP contribution in [0.1, 0.15) is 42.9 Å². The summed E-state index contributed by atoms with van der Waals surface area (Å²) in [4.78, 5) is 31.5. The second kappa shape index (κ2) is 8.05. The lowest BCUT2D eigenvalue weighted by Crippen LogP contribution is -2.40. The number of thiophene rings is 1. The highest BCUT2D eigenvalue weighted by Crippen LogP contribution is 2.41. The van der Waals surface area contributed by atoms with Crippen molar-refractivity contribution in [1.82, 2.24) is 19.4 Å². The Morgan fingerprint density at radius 2 is 1.83 bits per heavy atom. The quantitative estimate of drug-likeness (QED) is 0.623. The standard InChI is InChI=1S/C21H22N4O3S2/c1-13-18(30-23-22-13)20(26)25-7-6-14(12-25)17-15-4-2-3-5-16(15)29-19(17)21(27)24-8-10-28-11-9-24/h2-5,14H,6-12H2,1H3. The van der Waals surface area contributed by atoms with Crippen molar-refractivity contribution in [3.8, 4) is 0 Å². The second-order valence-corrected chi connectivity index (χ2v) is 9.48. The van der Waals surface area contributed by atoms with Gasteiger partial charge in [0.15, 0.2) is 0 Å². The van der Waals surface area contributed by atoms with Crippen LogP contribution in [-0.2, 0) is 4.74 Å². The summed E-state index contributed by atoms with van der Waals surface area (Å²) in [5.41, 5.74) is 1.78. The lowest BCUT2D eigenvalue weighted by Gasteiger charge is -2.27. The van der Waals surface area contributed by atoms with Gasteiger partial charge >= 0.3 is 0 Å². The van der Waals surface area contributed by atoms with E-state index >= 15 is 0 Å². The molecule has 9 heteroatoms. The number of morpholine rings is 1. The smallest absolute Gasteiger partial charge is 0.267 e. The molecule has 3 aromatic rings. The first kappa shape index (κ1) is 19.6. The molecule has 0 bridgehead atoms. The molecule has 2 saturated heterocycles. The molecule has 156 valence electrons. The number of rotatable bonds is 3. The van der Waals surface area contributed by atoms with Crippen molar-refractivity contribution in [2.45, 2.75) is 19.3 Å². The molecule has 2 aromatic heterocycles. The SMILES string of the molecule is Cc1nnsc1C(=O)N1CCC(c2c(C(=O)N3CCOCC3)sc3ccccc23)C1. The molecule has 2 amide bonds. The monoisotopic (exact) mass is 442 g/mol. The number of carbonyl (C=O) groups excluding carboxylic acids is 2. The topological polar surface area (TPSA) is 75.6 Å². The van der Waals surface area contributed by atoms with Crippen LogP contribution in [-0.4, -0.2) is 70.6 Å². The molecule has 0 N–H and O–H groups in total. The van der Waals surface area contributed by atoms with E-state index in [1.54, 1.807) is 11.3 Å². The highest BCUT2D eigenvalue weighted by molar-refractivity contribution is 7.21. The summed E-state index contributed by atoms with van der Waals surface area (Å²) in [7, 11) is 0. The molecule has 0 spiro atoms. The predicted molar refractivity (Wildman–Crippen MR) is 116 cm³/mol. The number of ether oxygens (including phenoxy) is 1. The maximum atomic E-state index is 13.4. The van der Waals surface area contributed by atoms with Gasteiger partial charge in [-0.05, 0) is 41.9 Å². The predicted octanol–water partition coefficient (Wildman–Crippen LogP) is 3.16. The number of aryl methyl sites for hydroxylation is 1. The molecular weight excluding hydrogens is 420 g/mol. The van der Waals surface area contributed by atoms with Crippen LogP contribution < -0.4 is 0 Å². The molecule has 30 heavy (non-hydrogen) atoms. The Morgan fingerprint density at radius 1 is 1.07 bits per heavy atom. The second-order valence-electron chi connectivity index (χ2n) is 7.67. The third kappa shape index (κ3) is 3.40. The lowest BCUT2D eigenvalue weighted by molar-refractivity contribution is 0.0305. The minimum atomic E-state index is -0.00871. The summed E-state index contributed by atoms with van der Waals surface area (Å²) < 4.78 is 10.4. The first-order valence-corrected chi connectivity index (χ1v) is 11.7. The zero-order valence-corrected chi connectivity index (χ0v) is 18.3. The number of benzene rings is 1. The minimum absolute atomic E-state index is 0.00871. The van der Waals surface area contributed by atoms with Gasteiger partial charge in [-0.25, -0.2) is 0 Å². The van der Waals surface area contributed by atoms with E-state index in [2.05, 4.69) is 21.7 Å². The number of nitrogens with zero attached hydrogens (tertiary/aromatic N) is 4. The molecule has 1 unspecified atom stereocenters. The molecule has 7 nitrogen and oxygen atoms in total. The lowest BCUT2D eigenvalue weighted by atomic mass is 9.94. The van der Waals surface area contributed by atoms with Gasteiger partial charge in [0.1, 0.15) is 4.88 Å². The highest BCUT2D eigenvalue weighted by Gasteiger charge is 2.35. The van der Waals surface area contributed by atoms with Crippen LogP contribution in [0.25, 0.3) is 10.1 Å². The summed E-state index contributed by atoms with van der Waals surface area (Å²) in [5.74, 6) is 0.221. The van der Waals surface area contributed by atoms with Gasteiger partial charge in [-0.3, -0.25) is 9.59 Å². The largest absolute Gasteiger partial charge is 0.378 e. The van der Waals surface area contributed by atoms with Crippen LogP contribution in [0.3, 0.4) is 0 Å². The molecule has 1 atom stereocenters. The van der Waals surface area contributed by atoms with E-state index in [9.17, 15) is 9.59 Å². The molecule has 2 aliphatic heterocycles. The fourth-order valence-corrected chi connectivity index (χ4v) is 6.17. The Kier molecular flexibility index (Phi) is 5.26. The van der Waals surface area contributed by atoms with Crippen LogP contribution in [0.5, 0.6) is 0 Å². The summed E-state index contributed by atoms with van der Waals surface area (Å²) in [5, 5.41) is 5.10. The molecule has 5 rings (SSSR count). The first-order chi connectivity index (χ1) is 14.6. The Labute approximate surface area is 182 Å². The van der Waals surface area contributed by atoms with Gasteiger partial charge in [0.2, 0.25) is 0 Å². The van der Waals surface area contributed by atoms with E-state index in [4.69, 9.17) is 4.74 Å². The van der Waals surface area contributed by atoms with Gasteiger partial charge in [0, 0.05) is 36.8 Å². The number of carbonyl (C=O) groups is 2. The third-order valence-electron chi connectivity index (χ3n) is 5.86. The normalized spacial score (nSPS) is 19.6. The average Bonchev–Trinajstić information content (AvgIpc) is 3.51. The van der Waals surface area contributed by atoms with Crippen LogP contribution in [0.4, 0.5) is 0 Å². The fraction of sp³-hybridized carbons (Fsp3) is 0.429. The van der Waals surface area contributed by atoms with Gasteiger partial charge in [-0.15, -0.1) is 16.4 Å². The van der Waals surface area contributed by atoms with Gasteiger partial charge < -0.3 is 14.5 Å². The Hall–Kier alpha value is -2.36. The highest BCUT2D eigenvalue weighted by atomic mass is 32.1. The van der Waals surface area contributed by atoms with Crippen molar-refractivity contribution in [1.29, 1.82) is 0 Å². The molecule has 0 saturated carbocycles. The Balaban J connectivity index is 1.47. The van der Waals surface area contributed by atoms with Crippen molar-refractivity contribution >= 4 is 44.8 Å². The van der Waals surface area contributed by atoms with E-state index in [-0.39, 0.29) is 17.7 Å². The van der Waals surface area contributed by atoms with E-state index in [0.717, 1.165) is 38.5 Å². The molecule has 2 aliphatic rings. The maximum Gasteiger partial charge on any atom is 0.267 e.